The van der Waals surface area contributed by atoms with Gasteiger partial charge < -0.3 is 4.81 Å². The normalized spacial score (nSPS) is 13.9. The Bertz CT molecular complexity index is 579. The largest absolute Gasteiger partial charge is 0.340 e. The zero-order valence-electron chi connectivity index (χ0n) is 13.5. The second kappa shape index (κ2) is 5.69. The standard InChI is InChI=1S/C19H24BN/c1-13(2)21(14(3)4)20-19-17-11-7-5-9-15(17)16-10-6-8-12-18(16)19/h5-14,19-20H,1-4H3. The van der Waals surface area contributed by atoms with Crippen LogP contribution in [0.1, 0.15) is 44.6 Å². The van der Waals surface area contributed by atoms with Crippen molar-refractivity contribution in [2.75, 3.05) is 0 Å². The number of rotatable bonds is 4. The summed E-state index contributed by atoms with van der Waals surface area (Å²) >= 11 is 0. The van der Waals surface area contributed by atoms with Crippen molar-refractivity contribution in [1.29, 1.82) is 0 Å². The van der Waals surface area contributed by atoms with E-state index in [0.29, 0.717) is 17.9 Å². The first-order valence-electron chi connectivity index (χ1n) is 8.03. The molecule has 0 aliphatic heterocycles. The fraction of sp³-hybridized carbons (Fsp3) is 0.368. The molecule has 1 aliphatic rings. The Morgan fingerprint density at radius 2 is 1.19 bits per heavy atom. The molecule has 1 nitrogen and oxygen atoms in total. The summed E-state index contributed by atoms with van der Waals surface area (Å²) in [5, 5.41) is 0. The van der Waals surface area contributed by atoms with Crippen LogP contribution in [0.5, 0.6) is 0 Å². The maximum Gasteiger partial charge on any atom is 0.217 e. The van der Waals surface area contributed by atoms with E-state index in [2.05, 4.69) is 81.0 Å². The second-order valence-electron chi connectivity index (χ2n) is 6.61. The molecule has 2 aromatic carbocycles. The van der Waals surface area contributed by atoms with Gasteiger partial charge in [0.05, 0.1) is 0 Å². The molecule has 0 amide bonds. The quantitative estimate of drug-likeness (QED) is 0.756. The molecule has 108 valence electrons. The molecule has 2 heteroatoms. The van der Waals surface area contributed by atoms with Crippen LogP contribution in [0.2, 0.25) is 0 Å². The molecule has 1 aliphatic carbocycles. The van der Waals surface area contributed by atoms with Crippen molar-refractivity contribution in [3.05, 3.63) is 59.7 Å². The van der Waals surface area contributed by atoms with Gasteiger partial charge in [-0.05, 0) is 34.3 Å². The number of benzene rings is 2. The lowest BCUT2D eigenvalue weighted by Crippen LogP contribution is -2.42. The summed E-state index contributed by atoms with van der Waals surface area (Å²) in [6.07, 6.45) is 0. The molecule has 0 radical (unpaired) electrons. The highest BCUT2D eigenvalue weighted by Crippen LogP contribution is 2.44. The van der Waals surface area contributed by atoms with Gasteiger partial charge in [0.1, 0.15) is 0 Å². The lowest BCUT2D eigenvalue weighted by atomic mass is 9.67. The fourth-order valence-electron chi connectivity index (χ4n) is 3.69. The monoisotopic (exact) mass is 277 g/mol. The van der Waals surface area contributed by atoms with E-state index in [1.165, 1.54) is 22.3 Å². The molecule has 0 unspecified atom stereocenters. The molecular formula is C19H24BN. The van der Waals surface area contributed by atoms with Gasteiger partial charge in [-0.15, -0.1) is 0 Å². The summed E-state index contributed by atoms with van der Waals surface area (Å²) in [5.74, 6) is 0.502. The maximum atomic E-state index is 2.60. The first-order chi connectivity index (χ1) is 10.1. The van der Waals surface area contributed by atoms with Gasteiger partial charge in [0, 0.05) is 5.82 Å². The van der Waals surface area contributed by atoms with Crippen molar-refractivity contribution in [1.82, 2.24) is 4.81 Å². The fourth-order valence-corrected chi connectivity index (χ4v) is 3.69. The van der Waals surface area contributed by atoms with E-state index in [1.807, 2.05) is 0 Å². The Morgan fingerprint density at radius 1 is 0.762 bits per heavy atom. The predicted octanol–water partition coefficient (Wildman–Crippen LogP) is 4.23. The van der Waals surface area contributed by atoms with E-state index >= 15 is 0 Å². The highest BCUT2D eigenvalue weighted by Gasteiger charge is 2.31. The molecule has 0 saturated carbocycles. The third-order valence-corrected chi connectivity index (χ3v) is 4.68. The first kappa shape index (κ1) is 14.4. The molecule has 0 bridgehead atoms. The van der Waals surface area contributed by atoms with Crippen LogP contribution >= 0.6 is 0 Å². The Labute approximate surface area is 129 Å². The van der Waals surface area contributed by atoms with Crippen molar-refractivity contribution in [2.45, 2.75) is 45.6 Å². The molecule has 0 spiro atoms. The SMILES string of the molecule is CC(C)N(BC1c2ccccc2-c2ccccc21)C(C)C. The van der Waals surface area contributed by atoms with Crippen molar-refractivity contribution >= 4 is 7.41 Å². The zero-order chi connectivity index (χ0) is 15.0. The Morgan fingerprint density at radius 3 is 1.62 bits per heavy atom. The van der Waals surface area contributed by atoms with Crippen LogP contribution in [0, 0.1) is 0 Å². The number of nitrogens with zero attached hydrogens (tertiary/aromatic N) is 1. The summed E-state index contributed by atoms with van der Waals surface area (Å²) in [6.45, 7) is 9.19. The molecule has 0 atom stereocenters. The summed E-state index contributed by atoms with van der Waals surface area (Å²) in [5.41, 5.74) is 5.83. The van der Waals surface area contributed by atoms with Gasteiger partial charge in [-0.2, -0.15) is 0 Å². The van der Waals surface area contributed by atoms with Crippen LogP contribution < -0.4 is 0 Å². The lowest BCUT2D eigenvalue weighted by Gasteiger charge is -2.32. The highest BCUT2D eigenvalue weighted by molar-refractivity contribution is 6.37. The van der Waals surface area contributed by atoms with E-state index in [1.54, 1.807) is 0 Å². The molecule has 0 saturated heterocycles. The van der Waals surface area contributed by atoms with Gasteiger partial charge in [0.15, 0.2) is 0 Å². The number of fused-ring (bicyclic) bond motifs is 3. The van der Waals surface area contributed by atoms with Crippen LogP contribution in [-0.4, -0.2) is 24.3 Å². The van der Waals surface area contributed by atoms with Crippen LogP contribution in [0.15, 0.2) is 48.5 Å². The van der Waals surface area contributed by atoms with Crippen molar-refractivity contribution in [3.63, 3.8) is 0 Å². The second-order valence-corrected chi connectivity index (χ2v) is 6.61. The maximum absolute atomic E-state index is 2.60. The number of hydrogen-bond acceptors (Lipinski definition) is 1. The summed E-state index contributed by atoms with van der Waals surface area (Å²) in [7, 11) is 1.10. The molecule has 3 rings (SSSR count). The topological polar surface area (TPSA) is 3.24 Å². The van der Waals surface area contributed by atoms with E-state index in [0.717, 1.165) is 7.41 Å². The smallest absolute Gasteiger partial charge is 0.217 e. The molecule has 0 N–H and O–H groups in total. The highest BCUT2D eigenvalue weighted by atomic mass is 15.1. The molecule has 0 fully saturated rings. The number of hydrogen-bond donors (Lipinski definition) is 0. The minimum atomic E-state index is 0.502. The third-order valence-electron chi connectivity index (χ3n) is 4.68. The van der Waals surface area contributed by atoms with E-state index in [-0.39, 0.29) is 0 Å². The minimum absolute atomic E-state index is 0.502. The van der Waals surface area contributed by atoms with Crippen LogP contribution in [-0.2, 0) is 0 Å². The minimum Gasteiger partial charge on any atom is -0.340 e. The van der Waals surface area contributed by atoms with Gasteiger partial charge >= 0.3 is 0 Å². The Balaban J connectivity index is 2.02. The van der Waals surface area contributed by atoms with Crippen LogP contribution in [0.4, 0.5) is 0 Å². The van der Waals surface area contributed by atoms with Gasteiger partial charge in [0.25, 0.3) is 0 Å². The zero-order valence-corrected chi connectivity index (χ0v) is 13.5. The van der Waals surface area contributed by atoms with Crippen LogP contribution in [0.25, 0.3) is 11.1 Å². The Hall–Kier alpha value is -1.54. The van der Waals surface area contributed by atoms with Crippen molar-refractivity contribution in [2.24, 2.45) is 0 Å². The summed E-state index contributed by atoms with van der Waals surface area (Å²) < 4.78 is 0. The summed E-state index contributed by atoms with van der Waals surface area (Å²) in [4.78, 5) is 2.60. The molecule has 0 aromatic heterocycles. The van der Waals surface area contributed by atoms with E-state index in [4.69, 9.17) is 0 Å². The first-order valence-corrected chi connectivity index (χ1v) is 8.03. The van der Waals surface area contributed by atoms with E-state index in [9.17, 15) is 0 Å². The average Bonchev–Trinajstić information content (AvgIpc) is 2.78. The van der Waals surface area contributed by atoms with Gasteiger partial charge in [-0.1, -0.05) is 76.2 Å². The molecular weight excluding hydrogens is 253 g/mol. The van der Waals surface area contributed by atoms with Crippen molar-refractivity contribution in [3.8, 4) is 11.1 Å². The van der Waals surface area contributed by atoms with Gasteiger partial charge in [0.2, 0.25) is 7.41 Å². The molecule has 2 aromatic rings. The predicted molar refractivity (Wildman–Crippen MR) is 93.0 cm³/mol. The molecule has 0 heterocycles. The van der Waals surface area contributed by atoms with E-state index < -0.39 is 0 Å². The third kappa shape index (κ3) is 2.53. The molecule has 21 heavy (non-hydrogen) atoms. The van der Waals surface area contributed by atoms with Gasteiger partial charge in [-0.3, -0.25) is 0 Å². The van der Waals surface area contributed by atoms with Crippen molar-refractivity contribution < 1.29 is 0 Å². The van der Waals surface area contributed by atoms with Crippen LogP contribution in [0.3, 0.4) is 0 Å². The summed E-state index contributed by atoms with van der Waals surface area (Å²) in [6, 6.07) is 18.9. The average molecular weight is 277 g/mol. The van der Waals surface area contributed by atoms with Gasteiger partial charge in [-0.25, -0.2) is 0 Å². The Kier molecular flexibility index (Phi) is 3.90. The lowest BCUT2D eigenvalue weighted by molar-refractivity contribution is 0.309.